The lowest BCUT2D eigenvalue weighted by atomic mass is 10.1. The van der Waals surface area contributed by atoms with Crippen LogP contribution in [0.15, 0.2) is 29.2 Å². The molecule has 2 atom stereocenters. The first-order chi connectivity index (χ1) is 12.3. The Kier molecular flexibility index (Phi) is 6.74. The number of hydrogen-bond donors (Lipinski definition) is 2. The molecule has 2 N–H and O–H groups in total. The maximum Gasteiger partial charge on any atom is 0.330 e. The van der Waals surface area contributed by atoms with Crippen LogP contribution < -0.4 is 5.32 Å². The number of esters is 1. The Balaban J connectivity index is 2.24. The number of aliphatic hydroxyl groups is 1. The number of benzene rings is 1. The number of piperidine rings is 1. The van der Waals surface area contributed by atoms with Crippen LogP contribution in [-0.2, 0) is 19.6 Å². The number of hydrogen-bond acceptors (Lipinski definition) is 6. The van der Waals surface area contributed by atoms with Crippen LogP contribution in [0.4, 0.5) is 0 Å². The molecule has 0 bridgehead atoms. The van der Waals surface area contributed by atoms with Gasteiger partial charge in [-0.3, -0.25) is 4.79 Å². The molecular formula is C17H24N2O6S. The van der Waals surface area contributed by atoms with E-state index in [1.165, 1.54) is 28.6 Å². The quantitative estimate of drug-likeness (QED) is 0.691. The number of aliphatic hydroxyl groups excluding tert-OH is 1. The minimum absolute atomic E-state index is 0.0255. The lowest BCUT2D eigenvalue weighted by Crippen LogP contribution is -2.44. The molecule has 1 saturated heterocycles. The van der Waals surface area contributed by atoms with Crippen LogP contribution in [0.5, 0.6) is 0 Å². The average Bonchev–Trinajstić information content (AvgIpc) is 2.65. The van der Waals surface area contributed by atoms with Gasteiger partial charge >= 0.3 is 5.97 Å². The second-order valence-corrected chi connectivity index (χ2v) is 8.11. The lowest BCUT2D eigenvalue weighted by molar-refractivity contribution is -0.143. The van der Waals surface area contributed by atoms with Crippen LogP contribution in [0.3, 0.4) is 0 Å². The lowest BCUT2D eigenvalue weighted by Gasteiger charge is -2.32. The van der Waals surface area contributed by atoms with Crippen LogP contribution in [0.1, 0.15) is 36.5 Å². The zero-order valence-electron chi connectivity index (χ0n) is 14.8. The van der Waals surface area contributed by atoms with E-state index < -0.39 is 34.5 Å². The van der Waals surface area contributed by atoms with Crippen LogP contribution >= 0.6 is 0 Å². The summed E-state index contributed by atoms with van der Waals surface area (Å²) in [5.41, 5.74) is 0.0816. The number of rotatable bonds is 6. The van der Waals surface area contributed by atoms with E-state index in [1.807, 2.05) is 6.92 Å². The fourth-order valence-corrected chi connectivity index (χ4v) is 4.67. The highest BCUT2D eigenvalue weighted by Crippen LogP contribution is 2.25. The zero-order chi connectivity index (χ0) is 19.3. The van der Waals surface area contributed by atoms with E-state index in [1.54, 1.807) is 0 Å². The number of methoxy groups -OCH3 is 1. The standard InChI is InChI=1S/C17H24N2O6S/c1-12-6-3-4-9-19(12)26(23,24)14-8-5-7-13(10-14)16(21)18-15(11-20)17(22)25-2/h5,7-8,10,12,15,20H,3-4,6,9,11H2,1-2H3,(H,18,21)/t12-,15+/m1/s1. The first kappa shape index (κ1) is 20.3. The predicted octanol–water partition coefficient (Wildman–Crippen LogP) is 0.513. The van der Waals surface area contributed by atoms with Crippen molar-refractivity contribution in [2.45, 2.75) is 43.2 Å². The molecule has 1 aliphatic heterocycles. The minimum Gasteiger partial charge on any atom is -0.467 e. The number of nitrogens with one attached hydrogen (secondary N) is 1. The molecule has 0 aliphatic carbocycles. The van der Waals surface area contributed by atoms with Gasteiger partial charge in [-0.05, 0) is 38.0 Å². The van der Waals surface area contributed by atoms with Crippen molar-refractivity contribution in [1.29, 1.82) is 0 Å². The number of nitrogens with zero attached hydrogens (tertiary/aromatic N) is 1. The van der Waals surface area contributed by atoms with Crippen molar-refractivity contribution < 1.29 is 27.9 Å². The topological polar surface area (TPSA) is 113 Å². The third kappa shape index (κ3) is 4.40. The van der Waals surface area contributed by atoms with E-state index in [2.05, 4.69) is 10.1 Å². The second kappa shape index (κ2) is 8.61. The fourth-order valence-electron chi connectivity index (χ4n) is 2.92. The number of ether oxygens (including phenoxy) is 1. The summed E-state index contributed by atoms with van der Waals surface area (Å²) in [6, 6.07) is 4.33. The van der Waals surface area contributed by atoms with Gasteiger partial charge in [0, 0.05) is 18.2 Å². The van der Waals surface area contributed by atoms with Crippen LogP contribution in [0.25, 0.3) is 0 Å². The van der Waals surface area contributed by atoms with Crippen molar-refractivity contribution in [1.82, 2.24) is 9.62 Å². The van der Waals surface area contributed by atoms with Gasteiger partial charge in [0.05, 0.1) is 18.6 Å². The average molecular weight is 384 g/mol. The Bertz CT molecular complexity index is 764. The molecule has 8 nitrogen and oxygen atoms in total. The van der Waals surface area contributed by atoms with Crippen molar-refractivity contribution in [2.24, 2.45) is 0 Å². The molecular weight excluding hydrogens is 360 g/mol. The van der Waals surface area contributed by atoms with Crippen LogP contribution in [0, 0.1) is 0 Å². The molecule has 26 heavy (non-hydrogen) atoms. The molecule has 1 aliphatic rings. The van der Waals surface area contributed by atoms with Crippen molar-refractivity contribution in [3.05, 3.63) is 29.8 Å². The maximum absolute atomic E-state index is 12.9. The Labute approximate surface area is 153 Å². The fraction of sp³-hybridized carbons (Fsp3) is 0.529. The molecule has 144 valence electrons. The van der Waals surface area contributed by atoms with E-state index in [-0.39, 0.29) is 16.5 Å². The maximum atomic E-state index is 12.9. The first-order valence-corrected chi connectivity index (χ1v) is 9.86. The summed E-state index contributed by atoms with van der Waals surface area (Å²) < 4.78 is 31.7. The van der Waals surface area contributed by atoms with E-state index in [0.717, 1.165) is 26.4 Å². The highest BCUT2D eigenvalue weighted by Gasteiger charge is 2.31. The highest BCUT2D eigenvalue weighted by molar-refractivity contribution is 7.89. The summed E-state index contributed by atoms with van der Waals surface area (Å²) >= 11 is 0. The molecule has 1 heterocycles. The molecule has 1 aromatic rings. The molecule has 0 radical (unpaired) electrons. The largest absolute Gasteiger partial charge is 0.467 e. The molecule has 0 saturated carbocycles. The van der Waals surface area contributed by atoms with E-state index in [9.17, 15) is 23.1 Å². The van der Waals surface area contributed by atoms with Crippen molar-refractivity contribution >= 4 is 21.9 Å². The number of amides is 1. The SMILES string of the molecule is COC(=O)[C@H](CO)NC(=O)c1cccc(S(=O)(=O)N2CCCC[C@H]2C)c1. The molecule has 0 unspecified atom stereocenters. The summed E-state index contributed by atoms with van der Waals surface area (Å²) in [4.78, 5) is 23.8. The number of sulfonamides is 1. The summed E-state index contributed by atoms with van der Waals surface area (Å²) in [6.07, 6.45) is 2.60. The summed E-state index contributed by atoms with van der Waals surface area (Å²) in [7, 11) is -2.57. The minimum atomic E-state index is -3.71. The van der Waals surface area contributed by atoms with Crippen LogP contribution in [-0.4, -0.2) is 62.1 Å². The molecule has 2 rings (SSSR count). The Hall–Kier alpha value is -1.97. The highest BCUT2D eigenvalue weighted by atomic mass is 32.2. The van der Waals surface area contributed by atoms with Gasteiger partial charge in [-0.2, -0.15) is 4.31 Å². The van der Waals surface area contributed by atoms with Gasteiger partial charge in [0.1, 0.15) is 0 Å². The molecule has 9 heteroatoms. The summed E-state index contributed by atoms with van der Waals surface area (Å²) in [5, 5.41) is 11.5. The molecule has 1 aromatic carbocycles. The first-order valence-electron chi connectivity index (χ1n) is 8.42. The summed E-state index contributed by atoms with van der Waals surface area (Å²) in [5.74, 6) is -1.45. The van der Waals surface area contributed by atoms with E-state index in [4.69, 9.17) is 0 Å². The molecule has 0 aromatic heterocycles. The van der Waals surface area contributed by atoms with Gasteiger partial charge in [-0.15, -0.1) is 0 Å². The monoisotopic (exact) mass is 384 g/mol. The second-order valence-electron chi connectivity index (χ2n) is 6.22. The van der Waals surface area contributed by atoms with Crippen molar-refractivity contribution in [2.75, 3.05) is 20.3 Å². The van der Waals surface area contributed by atoms with Crippen LogP contribution in [0.2, 0.25) is 0 Å². The molecule has 1 amide bonds. The normalized spacial score (nSPS) is 19.6. The molecule has 1 fully saturated rings. The Morgan fingerprint density at radius 2 is 2.12 bits per heavy atom. The Morgan fingerprint density at radius 3 is 2.73 bits per heavy atom. The number of carbonyl (C=O) groups excluding carboxylic acids is 2. The third-order valence-corrected chi connectivity index (χ3v) is 6.43. The molecule has 0 spiro atoms. The van der Waals surface area contributed by atoms with E-state index in [0.29, 0.717) is 6.54 Å². The smallest absolute Gasteiger partial charge is 0.330 e. The van der Waals surface area contributed by atoms with E-state index >= 15 is 0 Å². The van der Waals surface area contributed by atoms with Gasteiger partial charge in [0.15, 0.2) is 6.04 Å². The van der Waals surface area contributed by atoms with Gasteiger partial charge in [0.25, 0.3) is 5.91 Å². The van der Waals surface area contributed by atoms with Gasteiger partial charge in [-0.1, -0.05) is 12.5 Å². The number of carbonyl (C=O) groups is 2. The van der Waals surface area contributed by atoms with Gasteiger partial charge < -0.3 is 15.2 Å². The van der Waals surface area contributed by atoms with Gasteiger partial charge in [0.2, 0.25) is 10.0 Å². The Morgan fingerprint density at radius 1 is 1.38 bits per heavy atom. The van der Waals surface area contributed by atoms with Crippen molar-refractivity contribution in [3.63, 3.8) is 0 Å². The van der Waals surface area contributed by atoms with Gasteiger partial charge in [-0.25, -0.2) is 13.2 Å². The predicted molar refractivity (Wildman–Crippen MR) is 94.0 cm³/mol. The summed E-state index contributed by atoms with van der Waals surface area (Å²) in [6.45, 7) is 1.70. The van der Waals surface area contributed by atoms with Crippen molar-refractivity contribution in [3.8, 4) is 0 Å². The third-order valence-electron chi connectivity index (χ3n) is 4.42. The zero-order valence-corrected chi connectivity index (χ0v) is 15.7.